The minimum absolute atomic E-state index is 0.0494. The van der Waals surface area contributed by atoms with Crippen molar-refractivity contribution in [3.8, 4) is 0 Å². The molecule has 0 bridgehead atoms. The first-order valence-electron chi connectivity index (χ1n) is 6.74. The number of methoxy groups -OCH3 is 1. The zero-order chi connectivity index (χ0) is 14.1. The normalized spacial score (nSPS) is 23.6. The van der Waals surface area contributed by atoms with Crippen LogP contribution in [0.25, 0.3) is 0 Å². The molecule has 6 nitrogen and oxygen atoms in total. The molecule has 0 unspecified atom stereocenters. The van der Waals surface area contributed by atoms with Crippen LogP contribution in [-0.2, 0) is 19.1 Å². The Kier molecular flexibility index (Phi) is 7.43. The molecule has 1 amide bonds. The molecule has 1 fully saturated rings. The predicted molar refractivity (Wildman–Crippen MR) is 68.8 cm³/mol. The van der Waals surface area contributed by atoms with Crippen molar-refractivity contribution in [1.82, 2.24) is 5.32 Å². The van der Waals surface area contributed by atoms with E-state index < -0.39 is 11.9 Å². The molecule has 1 rings (SSSR count). The topological polar surface area (TPSA) is 84.9 Å². The first kappa shape index (κ1) is 15.9. The summed E-state index contributed by atoms with van der Waals surface area (Å²) in [6, 6.07) is -0.279. The second-order valence-electron chi connectivity index (χ2n) is 4.80. The minimum atomic E-state index is -0.826. The maximum absolute atomic E-state index is 11.7. The Morgan fingerprint density at radius 1 is 1.21 bits per heavy atom. The fourth-order valence-electron chi connectivity index (χ4n) is 2.33. The summed E-state index contributed by atoms with van der Waals surface area (Å²) in [4.78, 5) is 22.9. The van der Waals surface area contributed by atoms with Crippen molar-refractivity contribution in [3.63, 3.8) is 0 Å². The third-order valence-electron chi connectivity index (χ3n) is 3.34. The van der Waals surface area contributed by atoms with Gasteiger partial charge in [-0.3, -0.25) is 9.59 Å². The van der Waals surface area contributed by atoms with Gasteiger partial charge in [-0.1, -0.05) is 19.3 Å². The van der Waals surface area contributed by atoms with E-state index in [0.29, 0.717) is 19.6 Å². The molecule has 1 aliphatic rings. The summed E-state index contributed by atoms with van der Waals surface area (Å²) in [6.07, 6.45) is 4.25. The van der Waals surface area contributed by atoms with E-state index in [1.54, 1.807) is 7.11 Å². The maximum atomic E-state index is 11.7. The molecular formula is C13H23NO5. The lowest BCUT2D eigenvalue weighted by atomic mass is 9.95. The summed E-state index contributed by atoms with van der Waals surface area (Å²) in [5, 5.41) is 12.0. The van der Waals surface area contributed by atoms with E-state index >= 15 is 0 Å². The quantitative estimate of drug-likeness (QED) is 0.529. The average molecular weight is 273 g/mol. The van der Waals surface area contributed by atoms with Crippen LogP contribution in [0.3, 0.4) is 0 Å². The van der Waals surface area contributed by atoms with Crippen LogP contribution in [0.15, 0.2) is 0 Å². The van der Waals surface area contributed by atoms with Gasteiger partial charge in [0.2, 0.25) is 5.91 Å². The van der Waals surface area contributed by atoms with Gasteiger partial charge in [-0.2, -0.15) is 0 Å². The summed E-state index contributed by atoms with van der Waals surface area (Å²) < 4.78 is 9.92. The van der Waals surface area contributed by atoms with Crippen molar-refractivity contribution in [2.75, 3.05) is 26.9 Å². The third-order valence-corrected chi connectivity index (χ3v) is 3.34. The standard InChI is InChI=1S/C13H23NO5/c1-18-7-8-19-9-12(15)14-11-6-4-2-3-5-10(11)13(16)17/h10-11H,2-9H2,1H3,(H,14,15)(H,16,17)/t10-,11+/m1/s1. The number of nitrogens with one attached hydrogen (secondary N) is 1. The van der Waals surface area contributed by atoms with Crippen molar-refractivity contribution in [2.24, 2.45) is 5.92 Å². The number of amides is 1. The number of carboxylic acids is 1. The molecular weight excluding hydrogens is 250 g/mol. The number of carbonyl (C=O) groups is 2. The lowest BCUT2D eigenvalue weighted by Gasteiger charge is -2.22. The lowest BCUT2D eigenvalue weighted by Crippen LogP contribution is -2.44. The summed E-state index contributed by atoms with van der Waals surface area (Å²) in [5.41, 5.74) is 0. The van der Waals surface area contributed by atoms with Gasteiger partial charge in [-0.25, -0.2) is 0 Å². The first-order chi connectivity index (χ1) is 9.15. The molecule has 0 radical (unpaired) electrons. The number of carbonyl (C=O) groups excluding carboxylic acids is 1. The van der Waals surface area contributed by atoms with Gasteiger partial charge in [-0.15, -0.1) is 0 Å². The molecule has 1 aliphatic carbocycles. The predicted octanol–water partition coefficient (Wildman–Crippen LogP) is 0.799. The SMILES string of the molecule is COCCOCC(=O)N[C@H]1CCCCC[C@H]1C(=O)O. The summed E-state index contributed by atoms with van der Waals surface area (Å²) in [6.45, 7) is 0.748. The van der Waals surface area contributed by atoms with Crippen LogP contribution in [0, 0.1) is 5.92 Å². The van der Waals surface area contributed by atoms with Crippen LogP contribution in [0.1, 0.15) is 32.1 Å². The number of hydrogen-bond donors (Lipinski definition) is 2. The number of aliphatic carboxylic acids is 1. The molecule has 0 saturated heterocycles. The Morgan fingerprint density at radius 3 is 2.63 bits per heavy atom. The Morgan fingerprint density at radius 2 is 1.95 bits per heavy atom. The maximum Gasteiger partial charge on any atom is 0.308 e. The molecule has 110 valence electrons. The van der Waals surface area contributed by atoms with Crippen LogP contribution in [0.2, 0.25) is 0 Å². The van der Waals surface area contributed by atoms with Crippen LogP contribution in [0.5, 0.6) is 0 Å². The highest BCUT2D eigenvalue weighted by atomic mass is 16.5. The van der Waals surface area contributed by atoms with E-state index in [9.17, 15) is 14.7 Å². The molecule has 6 heteroatoms. The fourth-order valence-corrected chi connectivity index (χ4v) is 2.33. The average Bonchev–Trinajstić information content (AvgIpc) is 2.60. The molecule has 2 atom stereocenters. The van der Waals surface area contributed by atoms with Crippen molar-refractivity contribution in [1.29, 1.82) is 0 Å². The summed E-state index contributed by atoms with van der Waals surface area (Å²) in [7, 11) is 1.56. The Hall–Kier alpha value is -1.14. The largest absolute Gasteiger partial charge is 0.481 e. The molecule has 0 spiro atoms. The van der Waals surface area contributed by atoms with E-state index in [1.807, 2.05) is 0 Å². The minimum Gasteiger partial charge on any atom is -0.481 e. The zero-order valence-corrected chi connectivity index (χ0v) is 11.4. The van der Waals surface area contributed by atoms with Gasteiger partial charge in [0.05, 0.1) is 19.1 Å². The molecule has 0 aromatic heterocycles. The van der Waals surface area contributed by atoms with Gasteiger partial charge in [0, 0.05) is 13.2 Å². The molecule has 2 N–H and O–H groups in total. The van der Waals surface area contributed by atoms with E-state index in [2.05, 4.69) is 5.32 Å². The number of hydrogen-bond acceptors (Lipinski definition) is 4. The van der Waals surface area contributed by atoms with Crippen molar-refractivity contribution in [3.05, 3.63) is 0 Å². The molecule has 0 aromatic rings. The third kappa shape index (κ3) is 6.02. The van der Waals surface area contributed by atoms with Crippen molar-refractivity contribution in [2.45, 2.75) is 38.1 Å². The number of carboxylic acid groups (broad SMARTS) is 1. The number of ether oxygens (including phenoxy) is 2. The second-order valence-corrected chi connectivity index (χ2v) is 4.80. The van der Waals surface area contributed by atoms with Crippen LogP contribution in [-0.4, -0.2) is 50.0 Å². The van der Waals surface area contributed by atoms with Gasteiger partial charge in [-0.05, 0) is 12.8 Å². The van der Waals surface area contributed by atoms with Gasteiger partial charge in [0.25, 0.3) is 0 Å². The molecule has 19 heavy (non-hydrogen) atoms. The van der Waals surface area contributed by atoms with Crippen molar-refractivity contribution >= 4 is 11.9 Å². The highest BCUT2D eigenvalue weighted by molar-refractivity contribution is 5.79. The Labute approximate surface area is 113 Å². The van der Waals surface area contributed by atoms with Gasteiger partial charge < -0.3 is 19.9 Å². The fraction of sp³-hybridized carbons (Fsp3) is 0.846. The summed E-state index contributed by atoms with van der Waals surface area (Å²) >= 11 is 0. The van der Waals surface area contributed by atoms with Gasteiger partial charge >= 0.3 is 5.97 Å². The zero-order valence-electron chi connectivity index (χ0n) is 11.4. The van der Waals surface area contributed by atoms with E-state index in [-0.39, 0.29) is 18.6 Å². The molecule has 0 aliphatic heterocycles. The van der Waals surface area contributed by atoms with Crippen molar-refractivity contribution < 1.29 is 24.2 Å². The second kappa shape index (κ2) is 8.87. The first-order valence-corrected chi connectivity index (χ1v) is 6.74. The van der Waals surface area contributed by atoms with E-state index in [0.717, 1.165) is 25.7 Å². The van der Waals surface area contributed by atoms with Gasteiger partial charge in [0.15, 0.2) is 0 Å². The van der Waals surface area contributed by atoms with Gasteiger partial charge in [0.1, 0.15) is 6.61 Å². The van der Waals surface area contributed by atoms with Crippen LogP contribution >= 0.6 is 0 Å². The highest BCUT2D eigenvalue weighted by Crippen LogP contribution is 2.23. The van der Waals surface area contributed by atoms with E-state index in [1.165, 1.54) is 0 Å². The molecule has 0 aromatic carbocycles. The highest BCUT2D eigenvalue weighted by Gasteiger charge is 2.30. The molecule has 0 heterocycles. The van der Waals surface area contributed by atoms with Crippen LogP contribution < -0.4 is 5.32 Å². The lowest BCUT2D eigenvalue weighted by molar-refractivity contribution is -0.143. The Balaban J connectivity index is 2.38. The Bertz CT molecular complexity index is 295. The van der Waals surface area contributed by atoms with Crippen LogP contribution in [0.4, 0.5) is 0 Å². The monoisotopic (exact) mass is 273 g/mol. The van der Waals surface area contributed by atoms with E-state index in [4.69, 9.17) is 9.47 Å². The smallest absolute Gasteiger partial charge is 0.308 e. The summed E-state index contributed by atoms with van der Waals surface area (Å²) in [5.74, 6) is -1.56. The number of rotatable bonds is 7. The molecule has 1 saturated carbocycles.